The molecular weight excluding hydrogens is 246 g/mol. The second kappa shape index (κ2) is 5.42. The minimum Gasteiger partial charge on any atom is -0.480 e. The van der Waals surface area contributed by atoms with Gasteiger partial charge in [-0.15, -0.1) is 0 Å². The molecule has 0 amide bonds. The number of rotatable bonds is 3. The van der Waals surface area contributed by atoms with Crippen LogP contribution in [0.3, 0.4) is 0 Å². The molecule has 0 spiro atoms. The fraction of sp³-hybridized carbons (Fsp3) is 0.615. The average Bonchev–Trinajstić information content (AvgIpc) is 2.41. The largest absolute Gasteiger partial charge is 0.480 e. The first kappa shape index (κ1) is 13.6. The van der Waals surface area contributed by atoms with E-state index in [4.69, 9.17) is 0 Å². The van der Waals surface area contributed by atoms with Crippen LogP contribution in [0.15, 0.2) is 17.2 Å². The van der Waals surface area contributed by atoms with Crippen LogP contribution in [0.5, 0.6) is 0 Å². The van der Waals surface area contributed by atoms with Gasteiger partial charge in [-0.3, -0.25) is 4.79 Å². The predicted molar refractivity (Wildman–Crippen MR) is 71.3 cm³/mol. The Balaban J connectivity index is 2.34. The van der Waals surface area contributed by atoms with Gasteiger partial charge in [-0.25, -0.2) is 9.78 Å². The monoisotopic (exact) mass is 265 g/mol. The summed E-state index contributed by atoms with van der Waals surface area (Å²) in [6.45, 7) is 2.64. The summed E-state index contributed by atoms with van der Waals surface area (Å²) in [5.41, 5.74) is -0.247. The average molecular weight is 265 g/mol. The molecule has 2 unspecified atom stereocenters. The number of carboxylic acids is 1. The summed E-state index contributed by atoms with van der Waals surface area (Å²) in [4.78, 5) is 29.2. The molecule has 0 bridgehead atoms. The molecule has 6 heteroatoms. The third kappa shape index (κ3) is 2.62. The van der Waals surface area contributed by atoms with Crippen molar-refractivity contribution in [2.24, 2.45) is 13.0 Å². The van der Waals surface area contributed by atoms with Crippen LogP contribution in [-0.4, -0.2) is 33.2 Å². The van der Waals surface area contributed by atoms with Crippen molar-refractivity contribution < 1.29 is 9.90 Å². The van der Waals surface area contributed by atoms with Crippen LogP contribution in [0.1, 0.15) is 26.2 Å². The number of piperidine rings is 1. The summed E-state index contributed by atoms with van der Waals surface area (Å²) in [7, 11) is 1.64. The number of aryl methyl sites for hydroxylation is 1. The lowest BCUT2D eigenvalue weighted by Crippen LogP contribution is -2.50. The van der Waals surface area contributed by atoms with E-state index in [-0.39, 0.29) is 11.4 Å². The molecule has 2 heterocycles. The predicted octanol–water partition coefficient (Wildman–Crippen LogP) is 0.860. The highest BCUT2D eigenvalue weighted by molar-refractivity contribution is 5.77. The summed E-state index contributed by atoms with van der Waals surface area (Å²) in [5.74, 6) is -0.234. The molecule has 0 saturated carbocycles. The zero-order chi connectivity index (χ0) is 14.0. The fourth-order valence-electron chi connectivity index (χ4n) is 2.58. The lowest BCUT2D eigenvalue weighted by molar-refractivity contribution is -0.139. The number of aliphatic carboxylic acids is 1. The molecule has 0 aliphatic carbocycles. The van der Waals surface area contributed by atoms with Gasteiger partial charge in [0, 0.05) is 26.0 Å². The van der Waals surface area contributed by atoms with Crippen molar-refractivity contribution in [3.8, 4) is 0 Å². The topological polar surface area (TPSA) is 75.4 Å². The molecule has 6 nitrogen and oxygen atoms in total. The first-order valence-electron chi connectivity index (χ1n) is 6.55. The van der Waals surface area contributed by atoms with E-state index < -0.39 is 12.0 Å². The van der Waals surface area contributed by atoms with Crippen molar-refractivity contribution in [3.05, 3.63) is 22.7 Å². The van der Waals surface area contributed by atoms with E-state index in [0.717, 1.165) is 12.8 Å². The minimum absolute atomic E-state index is 0.243. The Morgan fingerprint density at radius 3 is 2.95 bits per heavy atom. The number of anilines is 1. The number of hydrogen-bond acceptors (Lipinski definition) is 4. The van der Waals surface area contributed by atoms with Crippen LogP contribution >= 0.6 is 0 Å². The van der Waals surface area contributed by atoms with Gasteiger partial charge < -0.3 is 14.6 Å². The van der Waals surface area contributed by atoms with Crippen molar-refractivity contribution in [3.63, 3.8) is 0 Å². The summed E-state index contributed by atoms with van der Waals surface area (Å²) >= 11 is 0. The second-order valence-electron chi connectivity index (χ2n) is 5.01. The van der Waals surface area contributed by atoms with Crippen molar-refractivity contribution >= 4 is 11.8 Å². The molecule has 0 aromatic carbocycles. The molecule has 1 aromatic heterocycles. The van der Waals surface area contributed by atoms with Crippen LogP contribution in [-0.2, 0) is 11.8 Å². The maximum Gasteiger partial charge on any atom is 0.326 e. The van der Waals surface area contributed by atoms with E-state index in [1.54, 1.807) is 18.1 Å². The van der Waals surface area contributed by atoms with Gasteiger partial charge in [0.2, 0.25) is 0 Å². The van der Waals surface area contributed by atoms with Gasteiger partial charge in [-0.05, 0) is 18.8 Å². The number of hydrogen-bond donors (Lipinski definition) is 1. The Bertz CT molecular complexity index is 526. The number of carbonyl (C=O) groups is 1. The van der Waals surface area contributed by atoms with Gasteiger partial charge >= 0.3 is 5.97 Å². The first-order chi connectivity index (χ1) is 9.04. The van der Waals surface area contributed by atoms with E-state index in [0.29, 0.717) is 18.9 Å². The van der Waals surface area contributed by atoms with Crippen molar-refractivity contribution in [1.29, 1.82) is 0 Å². The molecule has 2 rings (SSSR count). The highest BCUT2D eigenvalue weighted by Crippen LogP contribution is 2.27. The standard InChI is InChI=1S/C13H19N3O3/c1-3-9-4-6-16(10(8-9)13(18)19)11-12(17)15(2)7-5-14-11/h5,7,9-10H,3-4,6,8H2,1-2H3,(H,18,19). The summed E-state index contributed by atoms with van der Waals surface area (Å²) < 4.78 is 1.42. The second-order valence-corrected chi connectivity index (χ2v) is 5.01. The summed E-state index contributed by atoms with van der Waals surface area (Å²) in [6, 6.07) is -0.652. The van der Waals surface area contributed by atoms with E-state index in [2.05, 4.69) is 11.9 Å². The quantitative estimate of drug-likeness (QED) is 0.877. The minimum atomic E-state index is -0.883. The third-order valence-electron chi connectivity index (χ3n) is 3.84. The highest BCUT2D eigenvalue weighted by atomic mass is 16.4. The van der Waals surface area contributed by atoms with Gasteiger partial charge in [0.25, 0.3) is 5.56 Å². The Labute approximate surface area is 111 Å². The molecule has 1 aromatic rings. The first-order valence-corrected chi connectivity index (χ1v) is 6.55. The zero-order valence-corrected chi connectivity index (χ0v) is 11.2. The van der Waals surface area contributed by atoms with Gasteiger partial charge in [0.1, 0.15) is 6.04 Å². The fourth-order valence-corrected chi connectivity index (χ4v) is 2.58. The Kier molecular flexibility index (Phi) is 3.87. The van der Waals surface area contributed by atoms with Crippen LogP contribution in [0, 0.1) is 5.92 Å². The van der Waals surface area contributed by atoms with Crippen LogP contribution in [0.2, 0.25) is 0 Å². The number of nitrogens with zero attached hydrogens (tertiary/aromatic N) is 3. The zero-order valence-electron chi connectivity index (χ0n) is 11.2. The maximum atomic E-state index is 12.1. The van der Waals surface area contributed by atoms with E-state index in [1.807, 2.05) is 0 Å². The van der Waals surface area contributed by atoms with Crippen molar-refractivity contribution in [1.82, 2.24) is 9.55 Å². The molecule has 1 aliphatic heterocycles. The molecule has 0 radical (unpaired) electrons. The van der Waals surface area contributed by atoms with E-state index >= 15 is 0 Å². The lowest BCUT2D eigenvalue weighted by Gasteiger charge is -2.37. The van der Waals surface area contributed by atoms with Gasteiger partial charge in [0.05, 0.1) is 0 Å². The SMILES string of the molecule is CCC1CCN(c2nccn(C)c2=O)C(C(=O)O)C1. The number of aromatic nitrogens is 2. The van der Waals surface area contributed by atoms with Gasteiger partial charge in [-0.2, -0.15) is 0 Å². The summed E-state index contributed by atoms with van der Waals surface area (Å²) in [5, 5.41) is 9.37. The molecule has 1 saturated heterocycles. The molecule has 2 atom stereocenters. The smallest absolute Gasteiger partial charge is 0.326 e. The van der Waals surface area contributed by atoms with E-state index in [9.17, 15) is 14.7 Å². The Morgan fingerprint density at radius 2 is 2.32 bits per heavy atom. The van der Waals surface area contributed by atoms with Gasteiger partial charge in [0.15, 0.2) is 5.82 Å². The van der Waals surface area contributed by atoms with Gasteiger partial charge in [-0.1, -0.05) is 13.3 Å². The van der Waals surface area contributed by atoms with Crippen LogP contribution in [0.25, 0.3) is 0 Å². The molecule has 19 heavy (non-hydrogen) atoms. The maximum absolute atomic E-state index is 12.1. The van der Waals surface area contributed by atoms with Crippen LogP contribution < -0.4 is 10.5 Å². The molecule has 104 valence electrons. The van der Waals surface area contributed by atoms with Crippen molar-refractivity contribution in [2.45, 2.75) is 32.2 Å². The van der Waals surface area contributed by atoms with Crippen molar-refractivity contribution in [2.75, 3.05) is 11.4 Å². The molecule has 1 N–H and O–H groups in total. The number of carboxylic acid groups (broad SMARTS) is 1. The van der Waals surface area contributed by atoms with Crippen LogP contribution in [0.4, 0.5) is 5.82 Å². The highest BCUT2D eigenvalue weighted by Gasteiger charge is 2.34. The van der Waals surface area contributed by atoms with E-state index in [1.165, 1.54) is 10.8 Å². The Morgan fingerprint density at radius 1 is 1.58 bits per heavy atom. The molecule has 1 fully saturated rings. The molecule has 1 aliphatic rings. The lowest BCUT2D eigenvalue weighted by atomic mass is 9.89. The normalized spacial score (nSPS) is 23.4. The third-order valence-corrected chi connectivity index (χ3v) is 3.84. The Hall–Kier alpha value is -1.85. The molecular formula is C13H19N3O3. The summed E-state index contributed by atoms with van der Waals surface area (Å²) in [6.07, 6.45) is 5.55.